The van der Waals surface area contributed by atoms with Gasteiger partial charge in [-0.25, -0.2) is 0 Å². The molecule has 1 aliphatic heterocycles. The van der Waals surface area contributed by atoms with Crippen LogP contribution < -0.4 is 4.90 Å². The predicted molar refractivity (Wildman–Crippen MR) is 83.2 cm³/mol. The van der Waals surface area contributed by atoms with E-state index in [0.29, 0.717) is 12.0 Å². The number of hydrogen-bond donors (Lipinski definition) is 0. The molecule has 1 saturated heterocycles. The number of hydrogen-bond acceptors (Lipinski definition) is 2. The number of nitrogens with zero attached hydrogens (tertiary/aromatic N) is 2. The van der Waals surface area contributed by atoms with Crippen LogP contribution in [0.4, 0.5) is 5.69 Å². The summed E-state index contributed by atoms with van der Waals surface area (Å²) >= 11 is 3.53. The molecule has 0 aliphatic carbocycles. The van der Waals surface area contributed by atoms with Crippen LogP contribution in [-0.4, -0.2) is 42.8 Å². The van der Waals surface area contributed by atoms with Crippen molar-refractivity contribution in [3.63, 3.8) is 0 Å². The SMILES string of the molecule is CC1CCN(C(=O)c2ccc(N(C)C)cc2)C1CBr. The van der Waals surface area contributed by atoms with Gasteiger partial charge in [0.15, 0.2) is 0 Å². The third-order valence-corrected chi connectivity index (χ3v) is 4.60. The molecule has 1 aromatic rings. The molecular formula is C15H21BrN2O. The van der Waals surface area contributed by atoms with Gasteiger partial charge in [0.05, 0.1) is 0 Å². The molecule has 1 aliphatic rings. The number of alkyl halides is 1. The summed E-state index contributed by atoms with van der Waals surface area (Å²) < 4.78 is 0. The maximum absolute atomic E-state index is 12.5. The summed E-state index contributed by atoms with van der Waals surface area (Å²) in [6.45, 7) is 3.08. The third kappa shape index (κ3) is 2.94. The van der Waals surface area contributed by atoms with E-state index in [1.54, 1.807) is 0 Å². The summed E-state index contributed by atoms with van der Waals surface area (Å²) in [5, 5.41) is 0.857. The minimum absolute atomic E-state index is 0.152. The van der Waals surface area contributed by atoms with Gasteiger partial charge >= 0.3 is 0 Å². The average Bonchev–Trinajstić information content (AvgIpc) is 2.79. The molecular weight excluding hydrogens is 304 g/mol. The highest BCUT2D eigenvalue weighted by atomic mass is 79.9. The summed E-state index contributed by atoms with van der Waals surface area (Å²) in [4.78, 5) is 16.6. The molecule has 0 spiro atoms. The molecule has 2 rings (SSSR count). The van der Waals surface area contributed by atoms with Gasteiger partial charge in [0.25, 0.3) is 5.91 Å². The first-order valence-electron chi connectivity index (χ1n) is 6.69. The number of anilines is 1. The van der Waals surface area contributed by atoms with Gasteiger partial charge in [-0.1, -0.05) is 22.9 Å². The van der Waals surface area contributed by atoms with Gasteiger partial charge < -0.3 is 9.80 Å². The molecule has 0 radical (unpaired) electrons. The first-order chi connectivity index (χ1) is 9.04. The summed E-state index contributed by atoms with van der Waals surface area (Å²) in [6.07, 6.45) is 1.10. The maximum atomic E-state index is 12.5. The molecule has 3 nitrogen and oxygen atoms in total. The van der Waals surface area contributed by atoms with Gasteiger partial charge in [-0.3, -0.25) is 4.79 Å². The molecule has 2 unspecified atom stereocenters. The molecule has 1 heterocycles. The van der Waals surface area contributed by atoms with Crippen molar-refractivity contribution in [2.24, 2.45) is 5.92 Å². The molecule has 19 heavy (non-hydrogen) atoms. The van der Waals surface area contributed by atoms with Gasteiger partial charge in [-0.05, 0) is 36.6 Å². The van der Waals surface area contributed by atoms with E-state index in [2.05, 4.69) is 22.9 Å². The normalized spacial score (nSPS) is 22.6. The Morgan fingerprint density at radius 3 is 2.53 bits per heavy atom. The van der Waals surface area contributed by atoms with E-state index in [1.807, 2.05) is 48.2 Å². The summed E-state index contributed by atoms with van der Waals surface area (Å²) in [6, 6.07) is 8.16. The fourth-order valence-electron chi connectivity index (χ4n) is 2.56. The zero-order valence-electron chi connectivity index (χ0n) is 11.8. The van der Waals surface area contributed by atoms with E-state index >= 15 is 0 Å². The van der Waals surface area contributed by atoms with Crippen LogP contribution in [0.15, 0.2) is 24.3 Å². The molecule has 0 bridgehead atoms. The van der Waals surface area contributed by atoms with Crippen LogP contribution in [0.3, 0.4) is 0 Å². The molecule has 2 atom stereocenters. The van der Waals surface area contributed by atoms with Gasteiger partial charge in [-0.15, -0.1) is 0 Å². The van der Waals surface area contributed by atoms with Crippen LogP contribution in [-0.2, 0) is 0 Å². The number of carbonyl (C=O) groups excluding carboxylic acids is 1. The highest BCUT2D eigenvalue weighted by molar-refractivity contribution is 9.09. The molecule has 1 amide bonds. The zero-order chi connectivity index (χ0) is 14.0. The first-order valence-corrected chi connectivity index (χ1v) is 7.81. The summed E-state index contributed by atoms with van der Waals surface area (Å²) in [5.41, 5.74) is 1.90. The summed E-state index contributed by atoms with van der Waals surface area (Å²) in [5.74, 6) is 0.725. The maximum Gasteiger partial charge on any atom is 0.254 e. The first kappa shape index (κ1) is 14.4. The second-order valence-corrected chi connectivity index (χ2v) is 6.07. The Morgan fingerprint density at radius 1 is 1.37 bits per heavy atom. The molecule has 104 valence electrons. The van der Waals surface area contributed by atoms with E-state index in [4.69, 9.17) is 0 Å². The van der Waals surface area contributed by atoms with Crippen molar-refractivity contribution in [2.75, 3.05) is 30.9 Å². The predicted octanol–water partition coefficient (Wildman–Crippen LogP) is 3.00. The van der Waals surface area contributed by atoms with Crippen molar-refractivity contribution in [2.45, 2.75) is 19.4 Å². The number of amides is 1. The zero-order valence-corrected chi connectivity index (χ0v) is 13.4. The summed E-state index contributed by atoms with van der Waals surface area (Å²) in [7, 11) is 4.00. The lowest BCUT2D eigenvalue weighted by atomic mass is 10.0. The Hall–Kier alpha value is -1.03. The van der Waals surface area contributed by atoms with Crippen LogP contribution in [0.5, 0.6) is 0 Å². The minimum Gasteiger partial charge on any atom is -0.378 e. The molecule has 0 N–H and O–H groups in total. The van der Waals surface area contributed by atoms with Crippen LogP contribution in [0.1, 0.15) is 23.7 Å². The van der Waals surface area contributed by atoms with E-state index in [-0.39, 0.29) is 5.91 Å². The topological polar surface area (TPSA) is 23.6 Å². The van der Waals surface area contributed by atoms with Crippen molar-refractivity contribution in [1.29, 1.82) is 0 Å². The fourth-order valence-corrected chi connectivity index (χ4v) is 3.55. The Labute approximate surface area is 123 Å². The van der Waals surface area contributed by atoms with Gasteiger partial charge in [0.1, 0.15) is 0 Å². The van der Waals surface area contributed by atoms with Crippen molar-refractivity contribution in [1.82, 2.24) is 4.90 Å². The van der Waals surface area contributed by atoms with Gasteiger partial charge in [0.2, 0.25) is 0 Å². The molecule has 0 aromatic heterocycles. The molecule has 1 fully saturated rings. The lowest BCUT2D eigenvalue weighted by Gasteiger charge is -2.25. The van der Waals surface area contributed by atoms with Crippen LogP contribution in [0, 0.1) is 5.92 Å². The lowest BCUT2D eigenvalue weighted by Crippen LogP contribution is -2.38. The van der Waals surface area contributed by atoms with Crippen LogP contribution in [0.25, 0.3) is 0 Å². The Balaban J connectivity index is 2.15. The molecule has 1 aromatic carbocycles. The number of likely N-dealkylation sites (tertiary alicyclic amines) is 1. The molecule has 0 saturated carbocycles. The number of halogens is 1. The Bertz CT molecular complexity index is 444. The van der Waals surface area contributed by atoms with E-state index in [9.17, 15) is 4.79 Å². The second-order valence-electron chi connectivity index (χ2n) is 5.43. The lowest BCUT2D eigenvalue weighted by molar-refractivity contribution is 0.0738. The van der Waals surface area contributed by atoms with Gasteiger partial charge in [-0.2, -0.15) is 0 Å². The van der Waals surface area contributed by atoms with Crippen molar-refractivity contribution in [3.8, 4) is 0 Å². The highest BCUT2D eigenvalue weighted by Crippen LogP contribution is 2.27. The number of rotatable bonds is 3. The highest BCUT2D eigenvalue weighted by Gasteiger charge is 2.33. The number of carbonyl (C=O) groups is 1. The standard InChI is InChI=1S/C15H21BrN2O/c1-11-8-9-18(14(11)10-16)15(19)12-4-6-13(7-5-12)17(2)3/h4-7,11,14H,8-10H2,1-3H3. The smallest absolute Gasteiger partial charge is 0.254 e. The average molecular weight is 325 g/mol. The van der Waals surface area contributed by atoms with Crippen molar-refractivity contribution >= 4 is 27.5 Å². The second kappa shape index (κ2) is 5.95. The van der Waals surface area contributed by atoms with Crippen molar-refractivity contribution in [3.05, 3.63) is 29.8 Å². The van der Waals surface area contributed by atoms with Gasteiger partial charge in [0, 0.05) is 43.3 Å². The Morgan fingerprint density at radius 2 is 2.00 bits per heavy atom. The quantitative estimate of drug-likeness (QED) is 0.798. The van der Waals surface area contributed by atoms with Crippen LogP contribution in [0.2, 0.25) is 0 Å². The number of benzene rings is 1. The van der Waals surface area contributed by atoms with Crippen LogP contribution >= 0.6 is 15.9 Å². The Kier molecular flexibility index (Phi) is 4.50. The molecule has 4 heteroatoms. The van der Waals surface area contributed by atoms with E-state index < -0.39 is 0 Å². The fraction of sp³-hybridized carbons (Fsp3) is 0.533. The largest absolute Gasteiger partial charge is 0.378 e. The third-order valence-electron chi connectivity index (χ3n) is 3.93. The monoisotopic (exact) mass is 324 g/mol. The minimum atomic E-state index is 0.152. The van der Waals surface area contributed by atoms with Crippen molar-refractivity contribution < 1.29 is 4.79 Å². The van der Waals surface area contributed by atoms with E-state index in [1.165, 1.54) is 0 Å². The van der Waals surface area contributed by atoms with E-state index in [0.717, 1.165) is 29.5 Å².